The summed E-state index contributed by atoms with van der Waals surface area (Å²) in [6.07, 6.45) is 0.845. The van der Waals surface area contributed by atoms with Crippen molar-refractivity contribution < 1.29 is 9.59 Å². The standard InChI is InChI=1S/C29H29N3O2/c1-19-12-13-22(16-20(19)2)26-27(31-15-14-21-8-5-6-9-23(21)18-31)29(34)32(28(26)33)25-11-7-10-24(17-25)30(3)4/h5-13,16-17H,14-15,18H2,1-4H3. The summed E-state index contributed by atoms with van der Waals surface area (Å²) in [6, 6.07) is 21.9. The first-order chi connectivity index (χ1) is 16.3. The largest absolute Gasteiger partial charge is 0.378 e. The van der Waals surface area contributed by atoms with Gasteiger partial charge in [0.1, 0.15) is 5.70 Å². The zero-order chi connectivity index (χ0) is 24.0. The van der Waals surface area contributed by atoms with Crippen LogP contribution in [0.3, 0.4) is 0 Å². The number of carbonyl (C=O) groups excluding carboxylic acids is 2. The Kier molecular flexibility index (Phi) is 5.48. The second-order valence-corrected chi connectivity index (χ2v) is 9.32. The third-order valence-electron chi connectivity index (χ3n) is 6.91. The van der Waals surface area contributed by atoms with Gasteiger partial charge in [-0.2, -0.15) is 0 Å². The van der Waals surface area contributed by atoms with Crippen molar-refractivity contribution in [1.82, 2.24) is 4.90 Å². The first-order valence-corrected chi connectivity index (χ1v) is 11.6. The Bertz CT molecular complexity index is 1340. The van der Waals surface area contributed by atoms with Gasteiger partial charge in [0.25, 0.3) is 11.8 Å². The molecule has 0 saturated heterocycles. The van der Waals surface area contributed by atoms with Gasteiger partial charge in [-0.15, -0.1) is 0 Å². The lowest BCUT2D eigenvalue weighted by molar-refractivity contribution is -0.120. The van der Waals surface area contributed by atoms with Crippen molar-refractivity contribution in [2.75, 3.05) is 30.4 Å². The molecular formula is C29H29N3O2. The molecule has 5 rings (SSSR count). The smallest absolute Gasteiger partial charge is 0.282 e. The van der Waals surface area contributed by atoms with E-state index in [1.165, 1.54) is 16.0 Å². The fourth-order valence-electron chi connectivity index (χ4n) is 4.80. The summed E-state index contributed by atoms with van der Waals surface area (Å²) in [5, 5.41) is 0. The number of rotatable bonds is 4. The number of fused-ring (bicyclic) bond motifs is 1. The molecule has 0 aromatic heterocycles. The van der Waals surface area contributed by atoms with Crippen LogP contribution in [0.2, 0.25) is 0 Å². The molecule has 172 valence electrons. The van der Waals surface area contributed by atoms with Gasteiger partial charge in [-0.25, -0.2) is 4.90 Å². The van der Waals surface area contributed by atoms with Gasteiger partial charge in [0.15, 0.2) is 0 Å². The number of nitrogens with zero attached hydrogens (tertiary/aromatic N) is 3. The zero-order valence-corrected chi connectivity index (χ0v) is 20.1. The fourth-order valence-corrected chi connectivity index (χ4v) is 4.80. The molecule has 3 aromatic carbocycles. The van der Waals surface area contributed by atoms with E-state index in [2.05, 4.69) is 30.0 Å². The molecule has 0 aliphatic carbocycles. The van der Waals surface area contributed by atoms with E-state index in [4.69, 9.17) is 0 Å². The highest BCUT2D eigenvalue weighted by Gasteiger charge is 2.43. The highest BCUT2D eigenvalue weighted by molar-refractivity contribution is 6.45. The molecule has 3 aromatic rings. The Labute approximate surface area is 200 Å². The highest BCUT2D eigenvalue weighted by Crippen LogP contribution is 2.38. The lowest BCUT2D eigenvalue weighted by atomic mass is 9.96. The van der Waals surface area contributed by atoms with E-state index in [9.17, 15) is 9.59 Å². The van der Waals surface area contributed by atoms with Crippen molar-refractivity contribution in [1.29, 1.82) is 0 Å². The minimum atomic E-state index is -0.266. The van der Waals surface area contributed by atoms with Crippen LogP contribution in [0.4, 0.5) is 11.4 Å². The Morgan fingerprint density at radius 2 is 1.56 bits per heavy atom. The molecule has 0 atom stereocenters. The summed E-state index contributed by atoms with van der Waals surface area (Å²) in [7, 11) is 3.89. The number of imide groups is 1. The molecule has 34 heavy (non-hydrogen) atoms. The van der Waals surface area contributed by atoms with E-state index >= 15 is 0 Å². The van der Waals surface area contributed by atoms with Crippen molar-refractivity contribution in [3.8, 4) is 0 Å². The predicted molar refractivity (Wildman–Crippen MR) is 137 cm³/mol. The molecule has 0 N–H and O–H groups in total. The average Bonchev–Trinajstić information content (AvgIpc) is 3.10. The lowest BCUT2D eigenvalue weighted by Gasteiger charge is -2.31. The summed E-state index contributed by atoms with van der Waals surface area (Å²) < 4.78 is 0. The van der Waals surface area contributed by atoms with E-state index in [0.29, 0.717) is 30.0 Å². The van der Waals surface area contributed by atoms with Gasteiger partial charge < -0.3 is 9.80 Å². The maximum absolute atomic E-state index is 13.9. The fraction of sp³-hybridized carbons (Fsp3) is 0.241. The van der Waals surface area contributed by atoms with E-state index < -0.39 is 0 Å². The van der Waals surface area contributed by atoms with Crippen molar-refractivity contribution in [3.63, 3.8) is 0 Å². The third kappa shape index (κ3) is 3.67. The highest BCUT2D eigenvalue weighted by atomic mass is 16.2. The number of hydrogen-bond donors (Lipinski definition) is 0. The van der Waals surface area contributed by atoms with Crippen LogP contribution in [0, 0.1) is 13.8 Å². The summed E-state index contributed by atoms with van der Waals surface area (Å²) in [5.74, 6) is -0.522. The van der Waals surface area contributed by atoms with Gasteiger partial charge in [-0.05, 0) is 66.3 Å². The monoisotopic (exact) mass is 451 g/mol. The molecule has 2 aliphatic rings. The van der Waals surface area contributed by atoms with E-state index in [-0.39, 0.29) is 11.8 Å². The average molecular weight is 452 g/mol. The molecule has 5 heteroatoms. The molecule has 0 unspecified atom stereocenters. The SMILES string of the molecule is Cc1ccc(C2=C(N3CCc4ccccc4C3)C(=O)N(c3cccc(N(C)C)c3)C2=O)cc1C. The van der Waals surface area contributed by atoms with Crippen LogP contribution in [-0.4, -0.2) is 37.4 Å². The van der Waals surface area contributed by atoms with E-state index in [1.54, 1.807) is 0 Å². The normalized spacial score (nSPS) is 15.8. The molecule has 0 saturated carbocycles. The predicted octanol–water partition coefficient (Wildman–Crippen LogP) is 4.71. The van der Waals surface area contributed by atoms with Crippen LogP contribution in [0.25, 0.3) is 5.57 Å². The maximum atomic E-state index is 13.9. The van der Waals surface area contributed by atoms with Crippen LogP contribution in [0.15, 0.2) is 72.4 Å². The zero-order valence-electron chi connectivity index (χ0n) is 20.1. The van der Waals surface area contributed by atoms with Gasteiger partial charge in [0.05, 0.1) is 11.3 Å². The van der Waals surface area contributed by atoms with Crippen LogP contribution in [0.1, 0.15) is 27.8 Å². The van der Waals surface area contributed by atoms with Crippen LogP contribution >= 0.6 is 0 Å². The van der Waals surface area contributed by atoms with Gasteiger partial charge >= 0.3 is 0 Å². The van der Waals surface area contributed by atoms with Gasteiger partial charge in [0.2, 0.25) is 0 Å². The number of carbonyl (C=O) groups is 2. The summed E-state index contributed by atoms with van der Waals surface area (Å²) in [6.45, 7) is 5.40. The number of benzene rings is 3. The van der Waals surface area contributed by atoms with Crippen LogP contribution in [-0.2, 0) is 22.6 Å². The molecule has 5 nitrogen and oxygen atoms in total. The first kappa shape index (κ1) is 22.0. The maximum Gasteiger partial charge on any atom is 0.282 e. The Morgan fingerprint density at radius 1 is 0.794 bits per heavy atom. The minimum Gasteiger partial charge on any atom is -0.378 e. The first-order valence-electron chi connectivity index (χ1n) is 11.6. The van der Waals surface area contributed by atoms with E-state index in [0.717, 1.165) is 28.8 Å². The van der Waals surface area contributed by atoms with Crippen LogP contribution < -0.4 is 9.80 Å². The summed E-state index contributed by atoms with van der Waals surface area (Å²) in [5.41, 5.74) is 8.07. The van der Waals surface area contributed by atoms with Crippen molar-refractivity contribution in [2.24, 2.45) is 0 Å². The number of hydrogen-bond acceptors (Lipinski definition) is 4. The molecule has 2 aliphatic heterocycles. The summed E-state index contributed by atoms with van der Waals surface area (Å²) in [4.78, 5) is 33.2. The Hall–Kier alpha value is -3.86. The van der Waals surface area contributed by atoms with Crippen LogP contribution in [0.5, 0.6) is 0 Å². The summed E-state index contributed by atoms with van der Waals surface area (Å²) >= 11 is 0. The van der Waals surface area contributed by atoms with Crippen molar-refractivity contribution in [3.05, 3.63) is 100 Å². The molecular weight excluding hydrogens is 422 g/mol. The van der Waals surface area contributed by atoms with Gasteiger partial charge in [0, 0.05) is 32.9 Å². The Balaban J connectivity index is 1.63. The third-order valence-corrected chi connectivity index (χ3v) is 6.91. The van der Waals surface area contributed by atoms with Gasteiger partial charge in [-0.1, -0.05) is 48.5 Å². The molecule has 0 bridgehead atoms. The molecule has 2 amide bonds. The minimum absolute atomic E-state index is 0.256. The number of anilines is 2. The molecule has 0 fully saturated rings. The van der Waals surface area contributed by atoms with Gasteiger partial charge in [-0.3, -0.25) is 9.59 Å². The van der Waals surface area contributed by atoms with Crippen molar-refractivity contribution in [2.45, 2.75) is 26.8 Å². The van der Waals surface area contributed by atoms with Crippen molar-refractivity contribution >= 4 is 28.8 Å². The molecule has 0 radical (unpaired) electrons. The number of amides is 2. The van der Waals surface area contributed by atoms with E-state index in [1.807, 2.05) is 74.4 Å². The quantitative estimate of drug-likeness (QED) is 0.539. The molecule has 2 heterocycles. The second-order valence-electron chi connectivity index (χ2n) is 9.32. The second kappa shape index (κ2) is 8.49. The Morgan fingerprint density at radius 3 is 2.29 bits per heavy atom. The topological polar surface area (TPSA) is 43.9 Å². The lowest BCUT2D eigenvalue weighted by Crippen LogP contribution is -2.37. The number of aryl methyl sites for hydroxylation is 2. The molecule has 0 spiro atoms.